The minimum Gasteiger partial charge on any atom is -0.382 e. The number of nitriles is 1. The highest BCUT2D eigenvalue weighted by Crippen LogP contribution is 2.25. The second-order valence-electron chi connectivity index (χ2n) is 5.61. The maximum atomic E-state index is 11.8. The molecular formula is C19H15N7O. The lowest BCUT2D eigenvalue weighted by atomic mass is 10.0. The maximum absolute atomic E-state index is 11.8. The van der Waals surface area contributed by atoms with Crippen LogP contribution in [0.4, 0.5) is 5.69 Å². The summed E-state index contributed by atoms with van der Waals surface area (Å²) in [6.07, 6.45) is 0. The average Bonchev–Trinajstić information content (AvgIpc) is 2.67. The first-order valence-electron chi connectivity index (χ1n) is 7.88. The van der Waals surface area contributed by atoms with Crippen LogP contribution in [0, 0.1) is 16.7 Å². The van der Waals surface area contributed by atoms with Gasteiger partial charge in [-0.1, -0.05) is 30.3 Å². The number of para-hydroxylation sites is 1. The van der Waals surface area contributed by atoms with Crippen molar-refractivity contribution in [1.29, 1.82) is 10.7 Å². The number of fused-ring (bicyclic) bond motifs is 1. The lowest BCUT2D eigenvalue weighted by Crippen LogP contribution is -2.21. The number of hydrogen-bond donors (Lipinski definition) is 4. The molecule has 1 heterocycles. The molecule has 27 heavy (non-hydrogen) atoms. The van der Waals surface area contributed by atoms with E-state index in [1.54, 1.807) is 42.5 Å². The number of hydrazone groups is 1. The van der Waals surface area contributed by atoms with Crippen molar-refractivity contribution in [3.05, 3.63) is 60.2 Å². The summed E-state index contributed by atoms with van der Waals surface area (Å²) in [6, 6.07) is 17.7. The minimum absolute atomic E-state index is 0.207. The van der Waals surface area contributed by atoms with Gasteiger partial charge >= 0.3 is 0 Å². The summed E-state index contributed by atoms with van der Waals surface area (Å²) in [5, 5.41) is 20.5. The van der Waals surface area contributed by atoms with Crippen molar-refractivity contribution < 1.29 is 4.79 Å². The lowest BCUT2D eigenvalue weighted by molar-refractivity contribution is 0.100. The van der Waals surface area contributed by atoms with E-state index in [-0.39, 0.29) is 5.71 Å². The van der Waals surface area contributed by atoms with Crippen LogP contribution in [-0.4, -0.2) is 22.4 Å². The molecule has 0 saturated carbocycles. The van der Waals surface area contributed by atoms with Gasteiger partial charge in [-0.25, -0.2) is 4.98 Å². The summed E-state index contributed by atoms with van der Waals surface area (Å²) >= 11 is 0. The monoisotopic (exact) mass is 357 g/mol. The average molecular weight is 357 g/mol. The number of nitrogens with one attached hydrogen (secondary N) is 2. The summed E-state index contributed by atoms with van der Waals surface area (Å²) < 4.78 is 0. The molecule has 0 unspecified atom stereocenters. The van der Waals surface area contributed by atoms with E-state index in [2.05, 4.69) is 15.5 Å². The van der Waals surface area contributed by atoms with Crippen LogP contribution in [0.15, 0.2) is 59.7 Å². The Morgan fingerprint density at radius 3 is 2.48 bits per heavy atom. The van der Waals surface area contributed by atoms with Crippen molar-refractivity contribution in [3.63, 3.8) is 0 Å². The molecule has 0 radical (unpaired) electrons. The largest absolute Gasteiger partial charge is 0.382 e. The van der Waals surface area contributed by atoms with E-state index in [1.165, 1.54) is 0 Å². The molecule has 1 amide bonds. The first-order valence-corrected chi connectivity index (χ1v) is 7.88. The molecular weight excluding hydrogens is 342 g/mol. The molecule has 132 valence electrons. The molecule has 0 fully saturated rings. The van der Waals surface area contributed by atoms with E-state index in [0.29, 0.717) is 27.8 Å². The molecule has 2 aromatic carbocycles. The molecule has 6 N–H and O–H groups in total. The minimum atomic E-state index is -0.518. The van der Waals surface area contributed by atoms with Crippen molar-refractivity contribution in [1.82, 2.24) is 4.98 Å². The zero-order valence-electron chi connectivity index (χ0n) is 14.1. The smallest absolute Gasteiger partial charge is 0.249 e. The number of nitrogens with two attached hydrogens (primary N) is 2. The van der Waals surface area contributed by atoms with Crippen LogP contribution < -0.4 is 16.9 Å². The van der Waals surface area contributed by atoms with Crippen molar-refractivity contribution in [2.45, 2.75) is 0 Å². The van der Waals surface area contributed by atoms with Crippen LogP contribution in [0.3, 0.4) is 0 Å². The standard InChI is InChI=1S/C19H15N7O/c20-10-17(18(21)22)26-25-12-7-5-11(6-8-12)16-9-14(19(23)27)13-3-1-2-4-15(13)24-16/h1-9,25H,(H3,21,22)(H2,23,27)/b26-17+. The molecule has 3 rings (SSSR count). The van der Waals surface area contributed by atoms with Crippen LogP contribution in [0.5, 0.6) is 0 Å². The topological polar surface area (TPSA) is 154 Å². The first-order chi connectivity index (χ1) is 13.0. The Labute approximate surface area is 154 Å². The molecule has 0 saturated heterocycles. The third-order valence-corrected chi connectivity index (χ3v) is 3.82. The van der Waals surface area contributed by atoms with Crippen molar-refractivity contribution >= 4 is 34.0 Å². The second kappa shape index (κ2) is 7.33. The molecule has 1 aromatic heterocycles. The molecule has 0 aliphatic rings. The van der Waals surface area contributed by atoms with Gasteiger partial charge in [0, 0.05) is 10.9 Å². The van der Waals surface area contributed by atoms with Gasteiger partial charge in [0.2, 0.25) is 11.6 Å². The predicted octanol–water partition coefficient (Wildman–Crippen LogP) is 2.23. The normalized spacial score (nSPS) is 11.0. The third kappa shape index (κ3) is 3.72. The van der Waals surface area contributed by atoms with Gasteiger partial charge in [0.15, 0.2) is 5.84 Å². The Kier molecular flexibility index (Phi) is 4.77. The Morgan fingerprint density at radius 1 is 1.15 bits per heavy atom. The summed E-state index contributed by atoms with van der Waals surface area (Å²) in [4.78, 5) is 16.4. The van der Waals surface area contributed by atoms with Gasteiger partial charge in [0.05, 0.1) is 22.5 Å². The zero-order valence-corrected chi connectivity index (χ0v) is 14.1. The van der Waals surface area contributed by atoms with Crippen LogP contribution in [0.2, 0.25) is 0 Å². The molecule has 0 atom stereocenters. The fourth-order valence-corrected chi connectivity index (χ4v) is 2.51. The van der Waals surface area contributed by atoms with E-state index in [9.17, 15) is 4.79 Å². The molecule has 0 aliphatic carbocycles. The Morgan fingerprint density at radius 2 is 1.85 bits per heavy atom. The highest BCUT2D eigenvalue weighted by atomic mass is 16.1. The number of carbonyl (C=O) groups is 1. The number of aromatic nitrogens is 1. The van der Waals surface area contributed by atoms with E-state index < -0.39 is 11.7 Å². The van der Waals surface area contributed by atoms with Gasteiger partial charge in [-0.3, -0.25) is 15.6 Å². The van der Waals surface area contributed by atoms with Gasteiger partial charge < -0.3 is 11.5 Å². The van der Waals surface area contributed by atoms with Gasteiger partial charge in [0.1, 0.15) is 6.07 Å². The second-order valence-corrected chi connectivity index (χ2v) is 5.61. The highest BCUT2D eigenvalue weighted by molar-refractivity contribution is 6.45. The molecule has 0 bridgehead atoms. The predicted molar refractivity (Wildman–Crippen MR) is 104 cm³/mol. The van der Waals surface area contributed by atoms with Gasteiger partial charge in [-0.05, 0) is 24.3 Å². The van der Waals surface area contributed by atoms with Crippen LogP contribution >= 0.6 is 0 Å². The fraction of sp³-hybridized carbons (Fsp3) is 0. The van der Waals surface area contributed by atoms with Gasteiger partial charge in [-0.15, -0.1) is 0 Å². The van der Waals surface area contributed by atoms with Crippen molar-refractivity contribution in [2.75, 3.05) is 5.43 Å². The quantitative estimate of drug-likeness (QED) is 0.313. The molecule has 8 nitrogen and oxygen atoms in total. The summed E-state index contributed by atoms with van der Waals surface area (Å²) in [5.74, 6) is -0.934. The number of amides is 1. The van der Waals surface area contributed by atoms with Gasteiger partial charge in [0.25, 0.3) is 0 Å². The van der Waals surface area contributed by atoms with E-state index >= 15 is 0 Å². The third-order valence-electron chi connectivity index (χ3n) is 3.82. The Balaban J connectivity index is 1.95. The number of carbonyl (C=O) groups excluding carboxylic acids is 1. The summed E-state index contributed by atoms with van der Waals surface area (Å²) in [5.41, 5.74) is 16.3. The van der Waals surface area contributed by atoms with Crippen LogP contribution in [-0.2, 0) is 0 Å². The fourth-order valence-electron chi connectivity index (χ4n) is 2.51. The van der Waals surface area contributed by atoms with Crippen molar-refractivity contribution in [3.8, 4) is 17.3 Å². The van der Waals surface area contributed by atoms with Crippen LogP contribution in [0.1, 0.15) is 10.4 Å². The number of hydrogen-bond acceptors (Lipinski definition) is 6. The SMILES string of the molecule is N#C/C(=N\Nc1ccc(-c2cc(C(N)=O)c3ccccc3n2)cc1)C(=N)N. The Hall–Kier alpha value is -4.25. The van der Waals surface area contributed by atoms with E-state index in [4.69, 9.17) is 22.1 Å². The molecule has 3 aromatic rings. The van der Waals surface area contributed by atoms with Crippen LogP contribution in [0.25, 0.3) is 22.2 Å². The number of primary amides is 1. The van der Waals surface area contributed by atoms with E-state index in [0.717, 1.165) is 5.56 Å². The van der Waals surface area contributed by atoms with Crippen molar-refractivity contribution in [2.24, 2.45) is 16.6 Å². The lowest BCUT2D eigenvalue weighted by Gasteiger charge is -2.08. The summed E-state index contributed by atoms with van der Waals surface area (Å²) in [6.45, 7) is 0. The Bertz CT molecular complexity index is 1110. The van der Waals surface area contributed by atoms with Gasteiger partial charge in [-0.2, -0.15) is 10.4 Å². The summed E-state index contributed by atoms with van der Waals surface area (Å²) in [7, 11) is 0. The number of amidine groups is 1. The highest BCUT2D eigenvalue weighted by Gasteiger charge is 2.11. The number of rotatable bonds is 5. The number of pyridine rings is 1. The van der Waals surface area contributed by atoms with E-state index in [1.807, 2.05) is 18.2 Å². The molecule has 0 aliphatic heterocycles. The first kappa shape index (κ1) is 17.6. The zero-order chi connectivity index (χ0) is 19.4. The number of anilines is 1. The number of nitrogens with zero attached hydrogens (tertiary/aromatic N) is 3. The maximum Gasteiger partial charge on any atom is 0.249 e. The number of benzene rings is 2. The molecule has 8 heteroatoms. The molecule has 0 spiro atoms.